The molecule has 1 aromatic heterocycles. The van der Waals surface area contributed by atoms with Gasteiger partial charge in [0.2, 0.25) is 11.0 Å². The lowest BCUT2D eigenvalue weighted by Gasteiger charge is -2.15. The lowest BCUT2D eigenvalue weighted by atomic mass is 10.0. The molecule has 0 spiro atoms. The minimum Gasteiger partial charge on any atom is -0.293 e. The molecule has 0 N–H and O–H groups in total. The first kappa shape index (κ1) is 17.1. The van der Waals surface area contributed by atoms with Crippen molar-refractivity contribution in [1.29, 1.82) is 0 Å². The molecule has 7 heteroatoms. The number of carbonyl (C=O) groups excluding carboxylic acids is 2. The van der Waals surface area contributed by atoms with Gasteiger partial charge in [-0.05, 0) is 43.9 Å². The lowest BCUT2D eigenvalue weighted by molar-refractivity contribution is -0.116. The molecule has 3 rings (SSSR count). The fraction of sp³-hybridized carbons (Fsp3) is 0.412. The van der Waals surface area contributed by atoms with E-state index in [2.05, 4.69) is 10.2 Å². The van der Waals surface area contributed by atoms with Crippen LogP contribution in [0, 0.1) is 13.8 Å². The number of amides is 1. The molecule has 1 aliphatic rings. The van der Waals surface area contributed by atoms with Crippen LogP contribution >= 0.6 is 23.1 Å². The van der Waals surface area contributed by atoms with Crippen molar-refractivity contribution in [2.24, 2.45) is 0 Å². The highest BCUT2D eigenvalue weighted by molar-refractivity contribution is 8.01. The Hall–Kier alpha value is -1.73. The second kappa shape index (κ2) is 7.03. The second-order valence-electron chi connectivity index (χ2n) is 5.98. The Bertz CT molecular complexity index is 784. The fourth-order valence-corrected chi connectivity index (χ4v) is 4.22. The van der Waals surface area contributed by atoms with E-state index in [0.717, 1.165) is 24.0 Å². The average molecular weight is 361 g/mol. The molecule has 1 amide bonds. The van der Waals surface area contributed by atoms with Crippen LogP contribution in [0.25, 0.3) is 0 Å². The van der Waals surface area contributed by atoms with E-state index in [1.54, 1.807) is 11.8 Å². The van der Waals surface area contributed by atoms with Gasteiger partial charge in [0, 0.05) is 18.5 Å². The number of benzene rings is 1. The number of hydrogen-bond donors (Lipinski definition) is 0. The molecule has 126 valence electrons. The zero-order valence-electron chi connectivity index (χ0n) is 13.9. The minimum atomic E-state index is -0.00333. The summed E-state index contributed by atoms with van der Waals surface area (Å²) in [4.78, 5) is 25.8. The number of hydrogen-bond acceptors (Lipinski definition) is 6. The van der Waals surface area contributed by atoms with Gasteiger partial charge in [0.1, 0.15) is 0 Å². The van der Waals surface area contributed by atoms with Crippen LogP contribution < -0.4 is 4.90 Å². The summed E-state index contributed by atoms with van der Waals surface area (Å²) in [5.74, 6) is 0.391. The van der Waals surface area contributed by atoms with Gasteiger partial charge < -0.3 is 0 Å². The first-order valence-corrected chi connectivity index (χ1v) is 9.62. The molecule has 0 saturated heterocycles. The summed E-state index contributed by atoms with van der Waals surface area (Å²) >= 11 is 2.75. The normalized spacial score (nSPS) is 13.8. The Morgan fingerprint density at radius 2 is 2.00 bits per heavy atom. The Kier molecular flexibility index (Phi) is 5.01. The molecule has 1 heterocycles. The van der Waals surface area contributed by atoms with Crippen molar-refractivity contribution in [2.75, 3.05) is 10.7 Å². The van der Waals surface area contributed by atoms with Gasteiger partial charge in [-0.1, -0.05) is 35.2 Å². The molecule has 1 saturated carbocycles. The molecular weight excluding hydrogens is 342 g/mol. The topological polar surface area (TPSA) is 63.2 Å². The van der Waals surface area contributed by atoms with Gasteiger partial charge in [0.25, 0.3) is 0 Å². The van der Waals surface area contributed by atoms with Crippen molar-refractivity contribution in [3.8, 4) is 0 Å². The van der Waals surface area contributed by atoms with Crippen molar-refractivity contribution in [2.45, 2.75) is 44.0 Å². The van der Waals surface area contributed by atoms with Crippen LogP contribution in [0.1, 0.15) is 41.3 Å². The van der Waals surface area contributed by atoms with Gasteiger partial charge in [-0.25, -0.2) is 0 Å². The van der Waals surface area contributed by atoms with Crippen LogP contribution in [0.5, 0.6) is 0 Å². The molecule has 1 aromatic carbocycles. The number of carbonyl (C=O) groups is 2. The minimum absolute atomic E-state index is 0.00333. The average Bonchev–Trinajstić information content (AvgIpc) is 3.25. The Morgan fingerprint density at radius 1 is 1.25 bits per heavy atom. The number of ketones is 1. The van der Waals surface area contributed by atoms with Gasteiger partial charge in [-0.3, -0.25) is 14.5 Å². The zero-order valence-corrected chi connectivity index (χ0v) is 15.5. The van der Waals surface area contributed by atoms with Gasteiger partial charge in [0.05, 0.1) is 5.75 Å². The van der Waals surface area contributed by atoms with E-state index < -0.39 is 0 Å². The highest BCUT2D eigenvalue weighted by Gasteiger charge is 2.34. The third-order valence-electron chi connectivity index (χ3n) is 4.01. The highest BCUT2D eigenvalue weighted by atomic mass is 32.2. The first-order valence-electron chi connectivity index (χ1n) is 7.82. The summed E-state index contributed by atoms with van der Waals surface area (Å²) in [5, 5.41) is 8.86. The molecule has 0 unspecified atom stereocenters. The van der Waals surface area contributed by atoms with Gasteiger partial charge in [0.15, 0.2) is 10.1 Å². The van der Waals surface area contributed by atoms with Crippen LogP contribution in [-0.2, 0) is 4.79 Å². The van der Waals surface area contributed by atoms with Crippen molar-refractivity contribution in [3.05, 3.63) is 34.9 Å². The van der Waals surface area contributed by atoms with Crippen molar-refractivity contribution in [3.63, 3.8) is 0 Å². The summed E-state index contributed by atoms with van der Waals surface area (Å²) in [6.45, 7) is 5.59. The molecule has 0 atom stereocenters. The van der Waals surface area contributed by atoms with Crippen molar-refractivity contribution < 1.29 is 9.59 Å². The van der Waals surface area contributed by atoms with E-state index in [9.17, 15) is 9.59 Å². The van der Waals surface area contributed by atoms with Gasteiger partial charge >= 0.3 is 0 Å². The summed E-state index contributed by atoms with van der Waals surface area (Å²) in [6.07, 6.45) is 2.04. The molecule has 0 bridgehead atoms. The third kappa shape index (κ3) is 3.84. The second-order valence-corrected chi connectivity index (χ2v) is 8.16. The number of Topliss-reactive ketones (excluding diaryl/α,β-unsaturated/α-hetero) is 1. The maximum absolute atomic E-state index is 12.3. The quantitative estimate of drug-likeness (QED) is 0.446. The van der Waals surface area contributed by atoms with E-state index in [1.165, 1.54) is 28.7 Å². The number of nitrogens with zero attached hydrogens (tertiary/aromatic N) is 3. The molecule has 2 aromatic rings. The monoisotopic (exact) mass is 361 g/mol. The summed E-state index contributed by atoms with van der Waals surface area (Å²) in [5.41, 5.74) is 3.02. The molecule has 0 radical (unpaired) electrons. The van der Waals surface area contributed by atoms with E-state index >= 15 is 0 Å². The predicted molar refractivity (Wildman–Crippen MR) is 97.1 cm³/mol. The molecule has 0 aliphatic heterocycles. The Labute approximate surface area is 149 Å². The van der Waals surface area contributed by atoms with Crippen LogP contribution in [0.4, 0.5) is 5.13 Å². The van der Waals surface area contributed by atoms with Crippen molar-refractivity contribution >= 4 is 39.9 Å². The van der Waals surface area contributed by atoms with E-state index in [1.807, 2.05) is 32.0 Å². The SMILES string of the molecule is CC(=O)N(c1nnc(SCC(=O)c2ccc(C)c(C)c2)s1)C1CC1. The van der Waals surface area contributed by atoms with E-state index in [-0.39, 0.29) is 17.7 Å². The number of aryl methyl sites for hydroxylation is 2. The van der Waals surface area contributed by atoms with E-state index in [4.69, 9.17) is 0 Å². The molecule has 24 heavy (non-hydrogen) atoms. The van der Waals surface area contributed by atoms with Crippen molar-refractivity contribution in [1.82, 2.24) is 10.2 Å². The summed E-state index contributed by atoms with van der Waals surface area (Å²) in [6, 6.07) is 6.03. The Balaban J connectivity index is 1.63. The maximum atomic E-state index is 12.3. The maximum Gasteiger partial charge on any atom is 0.225 e. The zero-order chi connectivity index (χ0) is 17.3. The van der Waals surface area contributed by atoms with E-state index in [0.29, 0.717) is 15.2 Å². The fourth-order valence-electron chi connectivity index (χ4n) is 2.36. The number of aromatic nitrogens is 2. The van der Waals surface area contributed by atoms with Gasteiger partial charge in [-0.2, -0.15) is 0 Å². The number of rotatable bonds is 6. The Morgan fingerprint density at radius 3 is 2.62 bits per heavy atom. The molecule has 1 aliphatic carbocycles. The summed E-state index contributed by atoms with van der Waals surface area (Å²) in [7, 11) is 0. The van der Waals surface area contributed by atoms with Gasteiger partial charge in [-0.15, -0.1) is 10.2 Å². The smallest absolute Gasteiger partial charge is 0.225 e. The van der Waals surface area contributed by atoms with Crippen LogP contribution in [-0.4, -0.2) is 33.7 Å². The highest BCUT2D eigenvalue weighted by Crippen LogP contribution is 2.35. The van der Waals surface area contributed by atoms with Crippen LogP contribution in [0.3, 0.4) is 0 Å². The standard InChI is InChI=1S/C17H19N3O2S2/c1-10-4-5-13(8-11(10)2)15(22)9-23-17-19-18-16(24-17)20(12(3)21)14-6-7-14/h4-5,8,14H,6-7,9H2,1-3H3. The van der Waals surface area contributed by atoms with Crippen LogP contribution in [0.15, 0.2) is 22.5 Å². The molecule has 5 nitrogen and oxygen atoms in total. The largest absolute Gasteiger partial charge is 0.293 e. The lowest BCUT2D eigenvalue weighted by Crippen LogP contribution is -2.30. The summed E-state index contributed by atoms with van der Waals surface area (Å²) < 4.78 is 0.717. The van der Waals surface area contributed by atoms with Crippen LogP contribution in [0.2, 0.25) is 0 Å². The first-order chi connectivity index (χ1) is 11.5. The number of anilines is 1. The third-order valence-corrected chi connectivity index (χ3v) is 6.06. The molecule has 1 fully saturated rings. The predicted octanol–water partition coefficient (Wildman–Crippen LogP) is 3.65. The molecular formula is C17H19N3O2S2. The number of thioether (sulfide) groups is 1.